The van der Waals surface area contributed by atoms with Crippen LogP contribution in [0, 0.1) is 17.3 Å². The van der Waals surface area contributed by atoms with Crippen LogP contribution >= 0.6 is 68.4 Å². The van der Waals surface area contributed by atoms with E-state index >= 15 is 0 Å². The molecule has 0 aliphatic heterocycles. The molecule has 31 heavy (non-hydrogen) atoms. The highest BCUT2D eigenvalue weighted by Crippen LogP contribution is 2.29. The molecule has 0 radical (unpaired) electrons. The minimum Gasteiger partial charge on any atom is -0.487 e. The van der Waals surface area contributed by atoms with Crippen LogP contribution in [-0.2, 0) is 13.2 Å². The molecular weight excluding hydrogens is 667 g/mol. The summed E-state index contributed by atoms with van der Waals surface area (Å²) in [5.74, 6) is 0.757. The van der Waals surface area contributed by atoms with Gasteiger partial charge in [0.2, 0.25) is 0 Å². The number of nitrogens with zero attached hydrogens (tertiary/aromatic N) is 2. The lowest BCUT2D eigenvalue weighted by molar-refractivity contribution is -0.384. The molecule has 3 rings (SSSR count). The molecule has 160 valence electrons. The molecule has 3 aromatic rings. The molecule has 3 aromatic carbocycles. The zero-order valence-electron chi connectivity index (χ0n) is 15.8. The quantitative estimate of drug-likeness (QED) is 0.123. The molecule has 0 fully saturated rings. The van der Waals surface area contributed by atoms with Crippen molar-refractivity contribution in [1.82, 2.24) is 5.43 Å². The van der Waals surface area contributed by atoms with Crippen LogP contribution in [0.1, 0.15) is 16.7 Å². The Morgan fingerprint density at radius 2 is 1.68 bits per heavy atom. The van der Waals surface area contributed by atoms with Gasteiger partial charge >= 0.3 is 0 Å². The van der Waals surface area contributed by atoms with Crippen molar-refractivity contribution in [2.75, 3.05) is 0 Å². The number of ether oxygens (including phenoxy) is 1. The number of hydrazone groups is 1. The van der Waals surface area contributed by atoms with Gasteiger partial charge in [-0.3, -0.25) is 10.1 Å². The highest BCUT2D eigenvalue weighted by atomic mass is 127. The fraction of sp³-hybridized carbons (Fsp3) is 0.0952. The number of nitro benzene ring substituents is 1. The van der Waals surface area contributed by atoms with E-state index in [0.717, 1.165) is 29.6 Å². The summed E-state index contributed by atoms with van der Waals surface area (Å²) in [6.07, 6.45) is 1.72. The number of nitrogens with one attached hydrogen (secondary N) is 1. The van der Waals surface area contributed by atoms with E-state index in [4.69, 9.17) is 27.9 Å². The summed E-state index contributed by atoms with van der Waals surface area (Å²) >= 11 is 16.7. The lowest BCUT2D eigenvalue weighted by Crippen LogP contribution is -2.07. The summed E-state index contributed by atoms with van der Waals surface area (Å²) in [5, 5.41) is 16.2. The normalized spacial score (nSPS) is 11.0. The molecule has 0 saturated carbocycles. The molecule has 0 aromatic heterocycles. The molecule has 0 unspecified atom stereocenters. The van der Waals surface area contributed by atoms with Crippen LogP contribution in [0.5, 0.6) is 5.75 Å². The molecule has 0 saturated heterocycles. The monoisotopic (exact) mass is 681 g/mol. The topological polar surface area (TPSA) is 76.8 Å². The summed E-state index contributed by atoms with van der Waals surface area (Å²) < 4.78 is 7.81. The van der Waals surface area contributed by atoms with Crippen molar-refractivity contribution in [3.05, 3.63) is 98.6 Å². The number of hydrogen-bond donors (Lipinski definition) is 1. The number of benzene rings is 3. The van der Waals surface area contributed by atoms with Gasteiger partial charge in [0, 0.05) is 27.7 Å². The highest BCUT2D eigenvalue weighted by Gasteiger charge is 2.10. The lowest BCUT2D eigenvalue weighted by Gasteiger charge is -2.11. The Labute approximate surface area is 216 Å². The largest absolute Gasteiger partial charge is 0.487 e. The molecule has 0 aliphatic rings. The van der Waals surface area contributed by atoms with Gasteiger partial charge in [0.15, 0.2) is 0 Å². The number of rotatable bonds is 8. The van der Waals surface area contributed by atoms with Crippen molar-refractivity contribution in [2.24, 2.45) is 5.10 Å². The fourth-order valence-corrected chi connectivity index (χ4v) is 5.27. The third-order valence-electron chi connectivity index (χ3n) is 4.17. The Morgan fingerprint density at radius 1 is 1.06 bits per heavy atom. The maximum absolute atomic E-state index is 10.8. The average Bonchev–Trinajstić information content (AvgIpc) is 2.72. The summed E-state index contributed by atoms with van der Waals surface area (Å²) in [6.45, 7) is 0.733. The molecule has 1 N–H and O–H groups in total. The zero-order valence-corrected chi connectivity index (χ0v) is 21.6. The standard InChI is InChI=1S/C21H15Cl2I2N3O3/c22-17-2-1-3-18(23)16(17)11-27-26-10-14-8-19(24)21(20(25)9-14)31-12-13-4-6-15(7-5-13)28(29)30/h1-10,27H,11-12H2/b26-10-. The predicted molar refractivity (Wildman–Crippen MR) is 140 cm³/mol. The highest BCUT2D eigenvalue weighted by molar-refractivity contribution is 14.1. The van der Waals surface area contributed by atoms with Crippen LogP contribution in [0.25, 0.3) is 0 Å². The molecule has 0 spiro atoms. The second kappa shape index (κ2) is 11.3. The Hall–Kier alpha value is -1.63. The molecule has 6 nitrogen and oxygen atoms in total. The van der Waals surface area contributed by atoms with Gasteiger partial charge < -0.3 is 10.2 Å². The molecule has 0 atom stereocenters. The van der Waals surface area contributed by atoms with E-state index in [2.05, 4.69) is 55.7 Å². The van der Waals surface area contributed by atoms with Crippen LogP contribution in [0.2, 0.25) is 10.0 Å². The van der Waals surface area contributed by atoms with E-state index in [1.54, 1.807) is 36.5 Å². The van der Waals surface area contributed by atoms with E-state index in [1.807, 2.05) is 12.1 Å². The third-order valence-corrected chi connectivity index (χ3v) is 6.48. The van der Waals surface area contributed by atoms with Gasteiger partial charge in [0.05, 0.1) is 24.8 Å². The summed E-state index contributed by atoms with van der Waals surface area (Å²) in [5.41, 5.74) is 5.58. The van der Waals surface area contributed by atoms with E-state index in [9.17, 15) is 10.1 Å². The smallest absolute Gasteiger partial charge is 0.269 e. The molecule has 0 bridgehead atoms. The average molecular weight is 682 g/mol. The van der Waals surface area contributed by atoms with Gasteiger partial charge in [-0.25, -0.2) is 0 Å². The van der Waals surface area contributed by atoms with Crippen molar-refractivity contribution < 1.29 is 9.66 Å². The first-order chi connectivity index (χ1) is 14.8. The summed E-state index contributed by atoms with van der Waals surface area (Å²) in [4.78, 5) is 10.3. The van der Waals surface area contributed by atoms with Gasteiger partial charge in [-0.1, -0.05) is 29.3 Å². The van der Waals surface area contributed by atoms with Gasteiger partial charge in [-0.05, 0) is 92.7 Å². The number of halogens is 4. The van der Waals surface area contributed by atoms with E-state index in [1.165, 1.54) is 12.1 Å². The van der Waals surface area contributed by atoms with E-state index in [0.29, 0.717) is 23.2 Å². The molecule has 10 heteroatoms. The van der Waals surface area contributed by atoms with Gasteiger partial charge in [0.1, 0.15) is 12.4 Å². The first kappa shape index (κ1) is 24.0. The molecular formula is C21H15Cl2I2N3O3. The maximum Gasteiger partial charge on any atom is 0.269 e. The Morgan fingerprint density at radius 3 is 2.26 bits per heavy atom. The van der Waals surface area contributed by atoms with Crippen molar-refractivity contribution >= 4 is 80.3 Å². The Kier molecular flexibility index (Phi) is 8.76. The first-order valence-electron chi connectivity index (χ1n) is 8.89. The maximum atomic E-state index is 10.8. The minimum absolute atomic E-state index is 0.0574. The van der Waals surface area contributed by atoms with Crippen molar-refractivity contribution in [3.8, 4) is 5.75 Å². The minimum atomic E-state index is -0.422. The van der Waals surface area contributed by atoms with Gasteiger partial charge in [-0.15, -0.1) is 0 Å². The molecule has 0 heterocycles. The van der Waals surface area contributed by atoms with Crippen LogP contribution in [0.4, 0.5) is 5.69 Å². The Bertz CT molecular complexity index is 1080. The van der Waals surface area contributed by atoms with Gasteiger partial charge in [-0.2, -0.15) is 5.10 Å². The van der Waals surface area contributed by atoms with Gasteiger partial charge in [0.25, 0.3) is 5.69 Å². The molecule has 0 aliphatic carbocycles. The summed E-state index contributed by atoms with van der Waals surface area (Å²) in [7, 11) is 0. The zero-order chi connectivity index (χ0) is 22.4. The van der Waals surface area contributed by atoms with Crippen LogP contribution in [-0.4, -0.2) is 11.1 Å². The SMILES string of the molecule is O=[N+]([O-])c1ccc(COc2c(I)cc(/C=N\NCc3c(Cl)cccc3Cl)cc2I)cc1. The Balaban J connectivity index is 1.61. The lowest BCUT2D eigenvalue weighted by atomic mass is 10.2. The first-order valence-corrected chi connectivity index (χ1v) is 11.8. The van der Waals surface area contributed by atoms with E-state index < -0.39 is 4.92 Å². The van der Waals surface area contributed by atoms with Crippen LogP contribution in [0.15, 0.2) is 59.7 Å². The fourth-order valence-electron chi connectivity index (χ4n) is 2.61. The second-order valence-electron chi connectivity index (χ2n) is 6.32. The summed E-state index contributed by atoms with van der Waals surface area (Å²) in [6, 6.07) is 15.6. The number of nitro groups is 1. The number of non-ortho nitro benzene ring substituents is 1. The predicted octanol–water partition coefficient (Wildman–Crippen LogP) is 6.81. The van der Waals surface area contributed by atoms with Crippen molar-refractivity contribution in [2.45, 2.75) is 13.2 Å². The van der Waals surface area contributed by atoms with Crippen LogP contribution < -0.4 is 10.2 Å². The second-order valence-corrected chi connectivity index (χ2v) is 9.46. The van der Waals surface area contributed by atoms with Crippen molar-refractivity contribution in [3.63, 3.8) is 0 Å². The third kappa shape index (κ3) is 6.67. The van der Waals surface area contributed by atoms with E-state index in [-0.39, 0.29) is 5.69 Å². The van der Waals surface area contributed by atoms with Crippen LogP contribution in [0.3, 0.4) is 0 Å². The number of hydrogen-bond acceptors (Lipinski definition) is 5. The van der Waals surface area contributed by atoms with Crippen molar-refractivity contribution in [1.29, 1.82) is 0 Å². The molecule has 0 amide bonds.